The van der Waals surface area contributed by atoms with Gasteiger partial charge in [-0.2, -0.15) is 0 Å². The molecular formula is C23H20N2O3S. The molecule has 29 heavy (non-hydrogen) atoms. The summed E-state index contributed by atoms with van der Waals surface area (Å²) in [6.07, 6.45) is 1.30. The molecule has 0 radical (unpaired) electrons. The van der Waals surface area contributed by atoms with Crippen LogP contribution in [-0.4, -0.2) is 10.9 Å². The maximum absolute atomic E-state index is 12.6. The number of benzene rings is 2. The van der Waals surface area contributed by atoms with E-state index in [0.717, 1.165) is 21.6 Å². The maximum Gasteiger partial charge on any atom is 0.274 e. The van der Waals surface area contributed by atoms with E-state index in [1.54, 1.807) is 0 Å². The summed E-state index contributed by atoms with van der Waals surface area (Å²) in [6, 6.07) is 21.8. The third-order valence-electron chi connectivity index (χ3n) is 4.45. The van der Waals surface area contributed by atoms with E-state index in [0.29, 0.717) is 31.2 Å². The van der Waals surface area contributed by atoms with Gasteiger partial charge >= 0.3 is 0 Å². The molecule has 5 nitrogen and oxygen atoms in total. The smallest absolute Gasteiger partial charge is 0.274 e. The maximum atomic E-state index is 12.6. The van der Waals surface area contributed by atoms with E-state index in [1.165, 1.54) is 17.7 Å². The molecule has 146 valence electrons. The molecule has 2 heterocycles. The zero-order valence-corrected chi connectivity index (χ0v) is 16.5. The topological polar surface area (TPSA) is 64.4 Å². The van der Waals surface area contributed by atoms with Gasteiger partial charge in [-0.25, -0.2) is 4.98 Å². The van der Waals surface area contributed by atoms with Crippen molar-refractivity contribution < 1.29 is 13.9 Å². The summed E-state index contributed by atoms with van der Waals surface area (Å²) >= 11 is 1.51. The fourth-order valence-corrected chi connectivity index (χ4v) is 3.69. The van der Waals surface area contributed by atoms with Crippen LogP contribution in [0.1, 0.15) is 27.2 Å². The van der Waals surface area contributed by atoms with Crippen LogP contribution in [0.25, 0.3) is 10.6 Å². The first-order chi connectivity index (χ1) is 14.3. The molecule has 0 aliphatic carbocycles. The molecule has 0 aliphatic rings. The molecule has 0 atom stereocenters. The number of hydrogen-bond acceptors (Lipinski definition) is 5. The van der Waals surface area contributed by atoms with Gasteiger partial charge in [0.1, 0.15) is 0 Å². The van der Waals surface area contributed by atoms with Crippen molar-refractivity contribution in [3.8, 4) is 10.6 Å². The van der Waals surface area contributed by atoms with Crippen molar-refractivity contribution in [2.45, 2.75) is 19.8 Å². The summed E-state index contributed by atoms with van der Waals surface area (Å²) in [4.78, 5) is 17.6. The highest BCUT2D eigenvalue weighted by Gasteiger charge is 2.19. The standard InChI is InChI=1S/C23H20N2O3S/c26-23(21-22(28-16-25-21)20-11-6-12-29-20)24-13-18-9-4-5-10-19(18)15-27-14-17-7-2-1-3-8-17/h1-12,16H,13-15H2,(H,24,26). The Balaban J connectivity index is 1.38. The van der Waals surface area contributed by atoms with Gasteiger partial charge < -0.3 is 14.5 Å². The number of carbonyl (C=O) groups is 1. The van der Waals surface area contributed by atoms with Gasteiger partial charge in [-0.05, 0) is 28.1 Å². The fraction of sp³-hybridized carbons (Fsp3) is 0.130. The average Bonchev–Trinajstić information content (AvgIpc) is 3.45. The molecule has 0 spiro atoms. The number of nitrogens with zero attached hydrogens (tertiary/aromatic N) is 1. The van der Waals surface area contributed by atoms with E-state index < -0.39 is 0 Å². The van der Waals surface area contributed by atoms with Gasteiger partial charge in [0, 0.05) is 6.54 Å². The minimum absolute atomic E-state index is 0.262. The summed E-state index contributed by atoms with van der Waals surface area (Å²) in [5.74, 6) is 0.235. The lowest BCUT2D eigenvalue weighted by molar-refractivity contribution is 0.0943. The molecule has 4 aromatic rings. The summed E-state index contributed by atoms with van der Waals surface area (Å²) in [5, 5.41) is 4.88. The average molecular weight is 404 g/mol. The van der Waals surface area contributed by atoms with Crippen molar-refractivity contribution >= 4 is 17.2 Å². The lowest BCUT2D eigenvalue weighted by atomic mass is 10.1. The second-order valence-electron chi connectivity index (χ2n) is 6.44. The minimum Gasteiger partial charge on any atom is -0.442 e. The predicted molar refractivity (Wildman–Crippen MR) is 112 cm³/mol. The number of nitrogens with one attached hydrogen (secondary N) is 1. The highest BCUT2D eigenvalue weighted by Crippen LogP contribution is 2.27. The van der Waals surface area contributed by atoms with Gasteiger partial charge in [0.2, 0.25) is 0 Å². The van der Waals surface area contributed by atoms with E-state index in [-0.39, 0.29) is 5.91 Å². The van der Waals surface area contributed by atoms with Crippen molar-refractivity contribution in [3.05, 3.63) is 101 Å². The summed E-state index contributed by atoms with van der Waals surface area (Å²) in [6.45, 7) is 1.41. The van der Waals surface area contributed by atoms with E-state index in [9.17, 15) is 4.79 Å². The quantitative estimate of drug-likeness (QED) is 0.446. The van der Waals surface area contributed by atoms with Crippen LogP contribution in [0.15, 0.2) is 82.9 Å². The van der Waals surface area contributed by atoms with Gasteiger partial charge in [-0.3, -0.25) is 4.79 Å². The van der Waals surface area contributed by atoms with Crippen molar-refractivity contribution in [1.82, 2.24) is 10.3 Å². The van der Waals surface area contributed by atoms with E-state index in [2.05, 4.69) is 10.3 Å². The highest BCUT2D eigenvalue weighted by atomic mass is 32.1. The van der Waals surface area contributed by atoms with Crippen LogP contribution in [-0.2, 0) is 24.5 Å². The number of rotatable bonds is 8. The Morgan fingerprint density at radius 1 is 0.966 bits per heavy atom. The molecule has 1 N–H and O–H groups in total. The van der Waals surface area contributed by atoms with Crippen LogP contribution >= 0.6 is 11.3 Å². The van der Waals surface area contributed by atoms with Gasteiger partial charge in [0.05, 0.1) is 18.1 Å². The van der Waals surface area contributed by atoms with E-state index in [4.69, 9.17) is 9.15 Å². The molecule has 0 bridgehead atoms. The van der Waals surface area contributed by atoms with E-state index >= 15 is 0 Å². The lowest BCUT2D eigenvalue weighted by Gasteiger charge is -2.11. The molecule has 1 amide bonds. The summed E-state index contributed by atoms with van der Waals surface area (Å²) < 4.78 is 11.3. The zero-order chi connectivity index (χ0) is 19.9. The number of ether oxygens (including phenoxy) is 1. The molecule has 0 unspecified atom stereocenters. The van der Waals surface area contributed by atoms with Gasteiger partial charge in [-0.15, -0.1) is 11.3 Å². The van der Waals surface area contributed by atoms with Gasteiger partial charge in [0.25, 0.3) is 5.91 Å². The number of thiophene rings is 1. The lowest BCUT2D eigenvalue weighted by Crippen LogP contribution is -2.24. The van der Waals surface area contributed by atoms with Crippen LogP contribution < -0.4 is 5.32 Å². The Kier molecular flexibility index (Phi) is 6.14. The first kappa shape index (κ1) is 19.1. The summed E-state index contributed by atoms with van der Waals surface area (Å²) in [7, 11) is 0. The van der Waals surface area contributed by atoms with Crippen LogP contribution in [0.2, 0.25) is 0 Å². The Morgan fingerprint density at radius 2 is 1.76 bits per heavy atom. The Hall–Kier alpha value is -3.22. The Bertz CT molecular complexity index is 1060. The van der Waals surface area contributed by atoms with Crippen molar-refractivity contribution in [1.29, 1.82) is 0 Å². The monoisotopic (exact) mass is 404 g/mol. The molecule has 4 rings (SSSR count). The Labute approximate surface area is 173 Å². The van der Waals surface area contributed by atoms with Crippen molar-refractivity contribution in [2.24, 2.45) is 0 Å². The Morgan fingerprint density at radius 3 is 2.55 bits per heavy atom. The van der Waals surface area contributed by atoms with Gasteiger partial charge in [-0.1, -0.05) is 60.7 Å². The second-order valence-corrected chi connectivity index (χ2v) is 7.38. The largest absolute Gasteiger partial charge is 0.442 e. The van der Waals surface area contributed by atoms with Crippen LogP contribution in [0.3, 0.4) is 0 Å². The van der Waals surface area contributed by atoms with Crippen LogP contribution in [0, 0.1) is 0 Å². The third kappa shape index (κ3) is 4.80. The second kappa shape index (κ2) is 9.32. The first-order valence-corrected chi connectivity index (χ1v) is 10.1. The summed E-state index contributed by atoms with van der Waals surface area (Å²) in [5.41, 5.74) is 3.48. The van der Waals surface area contributed by atoms with Crippen molar-refractivity contribution in [3.63, 3.8) is 0 Å². The molecule has 0 aliphatic heterocycles. The van der Waals surface area contributed by atoms with Crippen LogP contribution in [0.5, 0.6) is 0 Å². The molecule has 0 saturated carbocycles. The zero-order valence-electron chi connectivity index (χ0n) is 15.7. The molecular weight excluding hydrogens is 384 g/mol. The molecule has 2 aromatic carbocycles. The molecule has 0 fully saturated rings. The predicted octanol–water partition coefficient (Wildman–Crippen LogP) is 5.05. The number of oxazole rings is 1. The van der Waals surface area contributed by atoms with E-state index in [1.807, 2.05) is 72.1 Å². The number of aromatic nitrogens is 1. The number of hydrogen-bond donors (Lipinski definition) is 1. The highest BCUT2D eigenvalue weighted by molar-refractivity contribution is 7.13. The number of amides is 1. The normalized spacial score (nSPS) is 10.8. The van der Waals surface area contributed by atoms with Gasteiger partial charge in [0.15, 0.2) is 17.8 Å². The molecule has 0 saturated heterocycles. The molecule has 2 aromatic heterocycles. The SMILES string of the molecule is O=C(NCc1ccccc1COCc1ccccc1)c1ncoc1-c1cccs1. The fourth-order valence-electron chi connectivity index (χ4n) is 2.97. The third-order valence-corrected chi connectivity index (χ3v) is 5.32. The van der Waals surface area contributed by atoms with Crippen molar-refractivity contribution in [2.75, 3.05) is 0 Å². The first-order valence-electron chi connectivity index (χ1n) is 9.25. The van der Waals surface area contributed by atoms with Crippen LogP contribution in [0.4, 0.5) is 0 Å². The number of carbonyl (C=O) groups excluding carboxylic acids is 1. The molecule has 6 heteroatoms. The minimum atomic E-state index is -0.262.